The molecular formula is C34H25F5N4O4. The highest BCUT2D eigenvalue weighted by molar-refractivity contribution is 5.93. The van der Waals surface area contributed by atoms with E-state index in [2.05, 4.69) is 9.97 Å². The number of benzene rings is 3. The zero-order chi connectivity index (χ0) is 33.3. The SMILES string of the molecule is COC(=O)c1ccc2nc(Cc3cc(F)c(-c4cccc(OCc5ccc(C#N)cc5F)n4)cc3F)n(CC3(C(F)F)COC3)c2c1. The van der Waals surface area contributed by atoms with Crippen molar-refractivity contribution in [1.29, 1.82) is 5.26 Å². The van der Waals surface area contributed by atoms with Crippen LogP contribution in [0.2, 0.25) is 0 Å². The van der Waals surface area contributed by atoms with E-state index in [1.165, 1.54) is 60.2 Å². The van der Waals surface area contributed by atoms with Crippen molar-refractivity contribution in [2.45, 2.75) is 26.0 Å². The number of esters is 1. The number of aromatic nitrogens is 3. The summed E-state index contributed by atoms with van der Waals surface area (Å²) in [6.45, 7) is -0.843. The summed E-state index contributed by atoms with van der Waals surface area (Å²) >= 11 is 0. The van der Waals surface area contributed by atoms with Crippen molar-refractivity contribution >= 4 is 17.0 Å². The largest absolute Gasteiger partial charge is 0.473 e. The first-order valence-electron chi connectivity index (χ1n) is 14.3. The Labute approximate surface area is 265 Å². The van der Waals surface area contributed by atoms with Gasteiger partial charge in [-0.2, -0.15) is 5.26 Å². The van der Waals surface area contributed by atoms with Gasteiger partial charge in [0.1, 0.15) is 29.9 Å². The van der Waals surface area contributed by atoms with E-state index in [0.717, 1.165) is 18.2 Å². The van der Waals surface area contributed by atoms with E-state index in [0.29, 0.717) is 11.0 Å². The predicted octanol–water partition coefficient (Wildman–Crippen LogP) is 6.63. The van der Waals surface area contributed by atoms with Gasteiger partial charge in [-0.05, 0) is 54.1 Å². The molecule has 13 heteroatoms. The maximum Gasteiger partial charge on any atom is 0.337 e. The summed E-state index contributed by atoms with van der Waals surface area (Å²) in [5.41, 5.74) is -0.482. The molecule has 6 rings (SSSR count). The Bertz CT molecular complexity index is 2040. The molecule has 0 saturated carbocycles. The fraction of sp³-hybridized carbons (Fsp3) is 0.235. The van der Waals surface area contributed by atoms with Gasteiger partial charge in [-0.1, -0.05) is 12.1 Å². The molecule has 0 aliphatic carbocycles. The average molecular weight is 649 g/mol. The Hall–Kier alpha value is -5.35. The Kier molecular flexibility index (Phi) is 8.62. The molecule has 0 radical (unpaired) electrons. The first kappa shape index (κ1) is 31.6. The monoisotopic (exact) mass is 648 g/mol. The number of hydrogen-bond acceptors (Lipinski definition) is 7. The smallest absolute Gasteiger partial charge is 0.337 e. The molecule has 0 N–H and O–H groups in total. The molecule has 0 atom stereocenters. The number of alkyl halides is 2. The highest BCUT2D eigenvalue weighted by Gasteiger charge is 2.48. The molecule has 8 nitrogen and oxygen atoms in total. The topological polar surface area (TPSA) is 99.3 Å². The molecule has 1 fully saturated rings. The number of fused-ring (bicyclic) bond motifs is 1. The summed E-state index contributed by atoms with van der Waals surface area (Å²) in [6, 6.07) is 16.7. The van der Waals surface area contributed by atoms with E-state index < -0.39 is 35.3 Å². The lowest BCUT2D eigenvalue weighted by molar-refractivity contribution is -0.192. The third-order valence-corrected chi connectivity index (χ3v) is 8.01. The van der Waals surface area contributed by atoms with Crippen LogP contribution in [0.1, 0.15) is 32.9 Å². The lowest BCUT2D eigenvalue weighted by Crippen LogP contribution is -2.51. The van der Waals surface area contributed by atoms with Crippen LogP contribution in [0, 0.1) is 34.2 Å². The fourth-order valence-electron chi connectivity index (χ4n) is 5.32. The molecular weight excluding hydrogens is 623 g/mol. The van der Waals surface area contributed by atoms with E-state index in [1.54, 1.807) is 0 Å². The van der Waals surface area contributed by atoms with Crippen molar-refractivity contribution in [3.63, 3.8) is 0 Å². The zero-order valence-electron chi connectivity index (χ0n) is 24.8. The molecule has 0 unspecified atom stereocenters. The highest BCUT2D eigenvalue weighted by atomic mass is 19.3. The van der Waals surface area contributed by atoms with Gasteiger partial charge < -0.3 is 18.8 Å². The van der Waals surface area contributed by atoms with Crippen LogP contribution >= 0.6 is 0 Å². The third kappa shape index (κ3) is 6.24. The first-order chi connectivity index (χ1) is 22.6. The maximum atomic E-state index is 15.6. The van der Waals surface area contributed by atoms with Gasteiger partial charge in [0.15, 0.2) is 0 Å². The molecule has 1 aliphatic rings. The Morgan fingerprint density at radius 3 is 2.47 bits per heavy atom. The van der Waals surface area contributed by atoms with Crippen LogP contribution in [0.15, 0.2) is 66.7 Å². The van der Waals surface area contributed by atoms with E-state index >= 15 is 8.78 Å². The number of imidazole rings is 1. The van der Waals surface area contributed by atoms with Gasteiger partial charge in [0.25, 0.3) is 0 Å². The van der Waals surface area contributed by atoms with Gasteiger partial charge in [0, 0.05) is 30.2 Å². The minimum atomic E-state index is -2.73. The normalized spacial score (nSPS) is 13.7. The Balaban J connectivity index is 1.29. The lowest BCUT2D eigenvalue weighted by atomic mass is 9.86. The molecule has 0 amide bonds. The second kappa shape index (κ2) is 12.8. The molecule has 3 heterocycles. The summed E-state index contributed by atoms with van der Waals surface area (Å²) in [5.74, 6) is -2.65. The van der Waals surface area contributed by atoms with Crippen LogP contribution in [-0.2, 0) is 29.0 Å². The van der Waals surface area contributed by atoms with Gasteiger partial charge in [-0.15, -0.1) is 0 Å². The van der Waals surface area contributed by atoms with Gasteiger partial charge in [-0.3, -0.25) is 0 Å². The number of halogens is 5. The number of hydrogen-bond donors (Lipinski definition) is 0. The molecule has 3 aromatic carbocycles. The summed E-state index contributed by atoms with van der Waals surface area (Å²) in [4.78, 5) is 21.0. The van der Waals surface area contributed by atoms with Crippen molar-refractivity contribution in [3.05, 3.63) is 112 Å². The van der Waals surface area contributed by atoms with Gasteiger partial charge >= 0.3 is 5.97 Å². The molecule has 0 bridgehead atoms. The van der Waals surface area contributed by atoms with Crippen molar-refractivity contribution in [2.75, 3.05) is 20.3 Å². The average Bonchev–Trinajstić information content (AvgIpc) is 3.38. The van der Waals surface area contributed by atoms with E-state index in [4.69, 9.17) is 19.5 Å². The Morgan fingerprint density at radius 2 is 1.79 bits per heavy atom. The van der Waals surface area contributed by atoms with Crippen molar-refractivity contribution in [2.24, 2.45) is 5.41 Å². The lowest BCUT2D eigenvalue weighted by Gasteiger charge is -2.41. The number of nitriles is 1. The minimum Gasteiger partial charge on any atom is -0.473 e. The molecule has 1 saturated heterocycles. The number of rotatable bonds is 10. The quantitative estimate of drug-likeness (QED) is 0.124. The number of ether oxygens (including phenoxy) is 3. The summed E-state index contributed by atoms with van der Waals surface area (Å²) in [7, 11) is 1.21. The second-order valence-corrected chi connectivity index (χ2v) is 11.1. The van der Waals surface area contributed by atoms with E-state index in [1.807, 2.05) is 6.07 Å². The minimum absolute atomic E-state index is 0.0307. The Morgan fingerprint density at radius 1 is 1.00 bits per heavy atom. The predicted molar refractivity (Wildman–Crippen MR) is 158 cm³/mol. The maximum absolute atomic E-state index is 15.6. The summed E-state index contributed by atoms with van der Waals surface area (Å²) < 4.78 is 90.6. The van der Waals surface area contributed by atoms with Gasteiger partial charge in [0.2, 0.25) is 12.3 Å². The van der Waals surface area contributed by atoms with Crippen LogP contribution in [0.25, 0.3) is 22.3 Å². The van der Waals surface area contributed by atoms with Crippen LogP contribution in [-0.4, -0.2) is 47.3 Å². The van der Waals surface area contributed by atoms with Crippen molar-refractivity contribution < 1.29 is 41.0 Å². The first-order valence-corrected chi connectivity index (χ1v) is 14.3. The second-order valence-electron chi connectivity index (χ2n) is 11.1. The van der Waals surface area contributed by atoms with Crippen molar-refractivity contribution in [1.82, 2.24) is 14.5 Å². The van der Waals surface area contributed by atoms with E-state index in [9.17, 15) is 18.0 Å². The number of nitrogens with zero attached hydrogens (tertiary/aromatic N) is 4. The van der Waals surface area contributed by atoms with Gasteiger partial charge in [0.05, 0.1) is 59.7 Å². The summed E-state index contributed by atoms with van der Waals surface area (Å²) in [6.07, 6.45) is -2.98. The number of methoxy groups -OCH3 is 1. The van der Waals surface area contributed by atoms with Crippen LogP contribution < -0.4 is 4.74 Å². The zero-order valence-corrected chi connectivity index (χ0v) is 24.8. The number of pyridine rings is 1. The van der Waals surface area contributed by atoms with Crippen molar-refractivity contribution in [3.8, 4) is 23.2 Å². The van der Waals surface area contributed by atoms with E-state index in [-0.39, 0.29) is 78.0 Å². The molecule has 2 aromatic heterocycles. The fourth-order valence-corrected chi connectivity index (χ4v) is 5.32. The van der Waals surface area contributed by atoms with Crippen LogP contribution in [0.5, 0.6) is 5.88 Å². The molecule has 5 aromatic rings. The molecule has 240 valence electrons. The van der Waals surface area contributed by atoms with Crippen LogP contribution in [0.4, 0.5) is 22.0 Å². The van der Waals surface area contributed by atoms with Gasteiger partial charge in [-0.25, -0.2) is 36.7 Å². The standard InChI is InChI=1S/C34H25F5N4O4/c1-45-32(44)20-7-8-28-29(11-20)43(16-34(33(38)39)17-46-18-34)30(41-28)12-22-10-26(37)23(13-25(22)36)27-3-2-4-31(42-27)47-15-21-6-5-19(14-40)9-24(21)35/h2-11,13,33H,12,15-18H2,1H3. The number of carbonyl (C=O) groups excluding carboxylic acids is 1. The highest BCUT2D eigenvalue weighted by Crippen LogP contribution is 2.38. The number of carbonyl (C=O) groups is 1. The third-order valence-electron chi connectivity index (χ3n) is 8.01. The molecule has 0 spiro atoms. The molecule has 1 aliphatic heterocycles. The van der Waals surface area contributed by atoms with Crippen LogP contribution in [0.3, 0.4) is 0 Å². The molecule has 47 heavy (non-hydrogen) atoms. The summed E-state index contributed by atoms with van der Waals surface area (Å²) in [5, 5.41) is 8.92.